The van der Waals surface area contributed by atoms with Crippen molar-refractivity contribution in [1.82, 2.24) is 9.97 Å². The van der Waals surface area contributed by atoms with Gasteiger partial charge in [-0.1, -0.05) is 84.4 Å². The maximum absolute atomic E-state index is 13.2. The molecule has 0 bridgehead atoms. The van der Waals surface area contributed by atoms with Gasteiger partial charge in [-0.2, -0.15) is 0 Å². The van der Waals surface area contributed by atoms with Crippen LogP contribution in [-0.4, -0.2) is 15.9 Å². The molecule has 1 aromatic heterocycles. The lowest BCUT2D eigenvalue weighted by atomic mass is 9.96. The summed E-state index contributed by atoms with van der Waals surface area (Å²) in [5.41, 5.74) is 6.35. The molecule has 34 heavy (non-hydrogen) atoms. The number of aromatic nitrogens is 2. The van der Waals surface area contributed by atoms with Crippen LogP contribution >= 0.6 is 0 Å². The third kappa shape index (κ3) is 3.37. The summed E-state index contributed by atoms with van der Waals surface area (Å²) in [5, 5.41) is 1.71. The van der Waals surface area contributed by atoms with Crippen LogP contribution in [0.1, 0.15) is 15.9 Å². The average Bonchev–Trinajstić information content (AvgIpc) is 2.89. The van der Waals surface area contributed by atoms with E-state index in [-0.39, 0.29) is 0 Å². The maximum atomic E-state index is 13.2. The highest BCUT2D eigenvalue weighted by Gasteiger charge is 2.22. The van der Waals surface area contributed by atoms with E-state index in [0.29, 0.717) is 16.8 Å². The summed E-state index contributed by atoms with van der Waals surface area (Å²) in [4.78, 5) is 23.2. The van der Waals surface area contributed by atoms with Crippen molar-refractivity contribution in [2.24, 2.45) is 0 Å². The predicted octanol–water partition coefficient (Wildman–Crippen LogP) is 7.13. The van der Waals surface area contributed by atoms with Crippen LogP contribution in [0.15, 0.2) is 103 Å². The van der Waals surface area contributed by atoms with Crippen LogP contribution in [0.5, 0.6) is 5.75 Å². The molecule has 0 unspecified atom stereocenters. The Labute approximate surface area is 196 Å². The fourth-order valence-electron chi connectivity index (χ4n) is 4.31. The van der Waals surface area contributed by atoms with Crippen LogP contribution in [0.25, 0.3) is 44.0 Å². The molecule has 0 N–H and O–H groups in total. The van der Waals surface area contributed by atoms with Crippen molar-refractivity contribution in [2.45, 2.75) is 6.92 Å². The minimum Gasteiger partial charge on any atom is -0.422 e. The largest absolute Gasteiger partial charge is 0.422 e. The van der Waals surface area contributed by atoms with Crippen LogP contribution in [-0.2, 0) is 0 Å². The van der Waals surface area contributed by atoms with E-state index in [1.54, 1.807) is 12.1 Å². The molecule has 0 amide bonds. The number of rotatable bonds is 3. The normalized spacial score (nSPS) is 11.2. The molecule has 0 aliphatic heterocycles. The molecular weight excluding hydrogens is 420 g/mol. The third-order valence-corrected chi connectivity index (χ3v) is 6.01. The number of esters is 1. The zero-order valence-electron chi connectivity index (χ0n) is 18.5. The summed E-state index contributed by atoms with van der Waals surface area (Å²) >= 11 is 0. The van der Waals surface area contributed by atoms with Crippen molar-refractivity contribution >= 4 is 38.8 Å². The van der Waals surface area contributed by atoms with Crippen molar-refractivity contribution in [3.63, 3.8) is 0 Å². The molecule has 0 fully saturated rings. The second-order valence-electron chi connectivity index (χ2n) is 8.28. The van der Waals surface area contributed by atoms with E-state index in [0.717, 1.165) is 44.0 Å². The summed E-state index contributed by atoms with van der Waals surface area (Å²) in [7, 11) is 0. The first-order chi connectivity index (χ1) is 16.7. The number of para-hydroxylation sites is 2. The third-order valence-electron chi connectivity index (χ3n) is 6.01. The number of hydrogen-bond acceptors (Lipinski definition) is 4. The van der Waals surface area contributed by atoms with Crippen LogP contribution in [0, 0.1) is 6.92 Å². The number of aryl methyl sites for hydroxylation is 1. The molecule has 4 nitrogen and oxygen atoms in total. The van der Waals surface area contributed by atoms with Crippen molar-refractivity contribution in [1.29, 1.82) is 0 Å². The molecule has 0 saturated heterocycles. The van der Waals surface area contributed by atoms with E-state index in [1.807, 2.05) is 97.9 Å². The first-order valence-corrected chi connectivity index (χ1v) is 11.1. The number of benzene rings is 5. The van der Waals surface area contributed by atoms with Crippen molar-refractivity contribution in [3.05, 3.63) is 114 Å². The number of nitrogens with zero attached hydrogens (tertiary/aromatic N) is 2. The average molecular weight is 441 g/mol. The quantitative estimate of drug-likeness (QED) is 0.127. The van der Waals surface area contributed by atoms with Crippen molar-refractivity contribution < 1.29 is 9.53 Å². The molecule has 162 valence electrons. The number of carbonyl (C=O) groups excluding carboxylic acids is 1. The molecule has 1 heterocycles. The van der Waals surface area contributed by atoms with Gasteiger partial charge in [0.15, 0.2) is 0 Å². The summed E-state index contributed by atoms with van der Waals surface area (Å²) in [6.07, 6.45) is 0. The molecular formula is C30H20N2O2. The van der Waals surface area contributed by atoms with E-state index in [1.165, 1.54) is 0 Å². The Morgan fingerprint density at radius 1 is 0.647 bits per heavy atom. The fourth-order valence-corrected chi connectivity index (χ4v) is 4.31. The van der Waals surface area contributed by atoms with Gasteiger partial charge < -0.3 is 4.74 Å². The molecule has 0 saturated carbocycles. The van der Waals surface area contributed by atoms with Gasteiger partial charge in [0.2, 0.25) is 0 Å². The Morgan fingerprint density at radius 2 is 1.24 bits per heavy atom. The second kappa shape index (κ2) is 8.09. The van der Waals surface area contributed by atoms with Gasteiger partial charge in [0.25, 0.3) is 0 Å². The van der Waals surface area contributed by atoms with Crippen LogP contribution in [0.3, 0.4) is 0 Å². The van der Waals surface area contributed by atoms with E-state index in [9.17, 15) is 4.79 Å². The first-order valence-electron chi connectivity index (χ1n) is 11.1. The number of hydrogen-bond donors (Lipinski definition) is 0. The highest BCUT2D eigenvalue weighted by molar-refractivity contribution is 6.16. The predicted molar refractivity (Wildman–Crippen MR) is 136 cm³/mol. The van der Waals surface area contributed by atoms with Gasteiger partial charge in [-0.25, -0.2) is 14.8 Å². The molecule has 0 spiro atoms. The SMILES string of the molecule is Cc1ccc(C(=O)Oc2c(-c3ccccc3)c3nc4ccccc4nc3c3ccccc23)cc1. The Hall–Kier alpha value is -4.57. The summed E-state index contributed by atoms with van der Waals surface area (Å²) < 4.78 is 6.15. The summed E-state index contributed by atoms with van der Waals surface area (Å²) in [5.74, 6) is 0.0832. The zero-order valence-corrected chi connectivity index (χ0v) is 18.5. The van der Waals surface area contributed by atoms with Crippen LogP contribution in [0.2, 0.25) is 0 Å². The van der Waals surface area contributed by atoms with Gasteiger partial charge in [-0.15, -0.1) is 0 Å². The summed E-state index contributed by atoms with van der Waals surface area (Å²) in [6.45, 7) is 1.99. The van der Waals surface area contributed by atoms with Gasteiger partial charge in [0.05, 0.1) is 27.7 Å². The highest BCUT2D eigenvalue weighted by Crippen LogP contribution is 2.43. The van der Waals surface area contributed by atoms with Crippen molar-refractivity contribution in [2.75, 3.05) is 0 Å². The van der Waals surface area contributed by atoms with E-state index in [2.05, 4.69) is 0 Å². The molecule has 0 aliphatic carbocycles. The Kier molecular flexibility index (Phi) is 4.77. The standard InChI is InChI=1S/C30H20N2O2/c1-19-15-17-21(18-16-19)30(33)34-29-23-12-6-5-11-22(23)27-28(26(29)20-9-3-2-4-10-20)32-25-14-8-7-13-24(25)31-27/h2-18H,1H3. The number of ether oxygens (including phenoxy) is 1. The minimum absolute atomic E-state index is 0.407. The van der Waals surface area contributed by atoms with E-state index in [4.69, 9.17) is 14.7 Å². The lowest BCUT2D eigenvalue weighted by Gasteiger charge is -2.17. The molecule has 0 radical (unpaired) electrons. The highest BCUT2D eigenvalue weighted by atomic mass is 16.5. The first kappa shape index (κ1) is 20.1. The lowest BCUT2D eigenvalue weighted by molar-refractivity contribution is 0.0738. The fraction of sp³-hybridized carbons (Fsp3) is 0.0333. The molecule has 4 heteroatoms. The topological polar surface area (TPSA) is 52.1 Å². The zero-order chi connectivity index (χ0) is 23.1. The van der Waals surface area contributed by atoms with Gasteiger partial charge in [-0.05, 0) is 36.8 Å². The Bertz CT molecular complexity index is 1690. The molecule has 6 aromatic rings. The second-order valence-corrected chi connectivity index (χ2v) is 8.28. The smallest absolute Gasteiger partial charge is 0.343 e. The Morgan fingerprint density at radius 3 is 1.94 bits per heavy atom. The monoisotopic (exact) mass is 440 g/mol. The van der Waals surface area contributed by atoms with Crippen LogP contribution < -0.4 is 4.74 Å². The Balaban J connectivity index is 1.70. The van der Waals surface area contributed by atoms with Crippen molar-refractivity contribution in [3.8, 4) is 16.9 Å². The number of carbonyl (C=O) groups is 1. The van der Waals surface area contributed by atoms with Gasteiger partial charge >= 0.3 is 5.97 Å². The van der Waals surface area contributed by atoms with E-state index < -0.39 is 5.97 Å². The molecule has 5 aromatic carbocycles. The maximum Gasteiger partial charge on any atom is 0.343 e. The molecule has 6 rings (SSSR count). The number of fused-ring (bicyclic) bond motifs is 4. The minimum atomic E-state index is -0.407. The van der Waals surface area contributed by atoms with Crippen LogP contribution in [0.4, 0.5) is 0 Å². The van der Waals surface area contributed by atoms with Gasteiger partial charge in [0.1, 0.15) is 11.3 Å². The van der Waals surface area contributed by atoms with Gasteiger partial charge in [-0.3, -0.25) is 0 Å². The molecule has 0 aliphatic rings. The molecule has 0 atom stereocenters. The summed E-state index contributed by atoms with van der Waals surface area (Å²) in [6, 6.07) is 33.0. The lowest BCUT2D eigenvalue weighted by Crippen LogP contribution is -2.10. The van der Waals surface area contributed by atoms with Gasteiger partial charge in [0, 0.05) is 10.8 Å². The van der Waals surface area contributed by atoms with E-state index >= 15 is 0 Å².